The van der Waals surface area contributed by atoms with Crippen molar-refractivity contribution in [2.75, 3.05) is 13.2 Å². The molecular formula is C16H16FNO4S. The topological polar surface area (TPSA) is 64.6 Å². The van der Waals surface area contributed by atoms with Gasteiger partial charge < -0.3 is 9.47 Å². The first-order chi connectivity index (χ1) is 11.0. The highest BCUT2D eigenvalue weighted by atomic mass is 32.2. The first-order valence-electron chi connectivity index (χ1n) is 7.10. The third kappa shape index (κ3) is 3.46. The highest BCUT2D eigenvalue weighted by molar-refractivity contribution is 7.89. The third-order valence-corrected chi connectivity index (χ3v) is 4.91. The minimum atomic E-state index is -3.71. The smallest absolute Gasteiger partial charge is 0.240 e. The number of nitrogens with one attached hydrogen (secondary N) is 1. The fraction of sp³-hybridized carbons (Fsp3) is 0.250. The Balaban J connectivity index is 1.75. The summed E-state index contributed by atoms with van der Waals surface area (Å²) in [5, 5.41) is 0. The van der Waals surface area contributed by atoms with Crippen LogP contribution in [0.25, 0.3) is 0 Å². The third-order valence-electron chi connectivity index (χ3n) is 3.51. The quantitative estimate of drug-likeness (QED) is 0.930. The number of hydrogen-bond acceptors (Lipinski definition) is 4. The van der Waals surface area contributed by atoms with Gasteiger partial charge in [0, 0.05) is 6.54 Å². The van der Waals surface area contributed by atoms with Crippen molar-refractivity contribution in [3.8, 4) is 11.5 Å². The summed E-state index contributed by atoms with van der Waals surface area (Å²) in [5.74, 6) is 0.818. The second-order valence-electron chi connectivity index (χ2n) is 5.21. The minimum absolute atomic E-state index is 0.0361. The molecule has 0 radical (unpaired) electrons. The predicted molar refractivity (Wildman–Crippen MR) is 82.6 cm³/mol. The standard InChI is InChI=1S/C16H16FNO4S/c1-11-8-13(3-4-14(11)17)23(19,20)18-10-12-2-5-15-16(9-12)22-7-6-21-15/h2-5,8-9,18H,6-7,10H2,1H3. The monoisotopic (exact) mass is 337 g/mol. The molecule has 2 aromatic carbocycles. The number of halogens is 1. The summed E-state index contributed by atoms with van der Waals surface area (Å²) >= 11 is 0. The molecule has 0 unspecified atom stereocenters. The summed E-state index contributed by atoms with van der Waals surface area (Å²) in [6, 6.07) is 8.96. The molecule has 1 aliphatic rings. The van der Waals surface area contributed by atoms with Crippen LogP contribution in [0, 0.1) is 12.7 Å². The van der Waals surface area contributed by atoms with Crippen LogP contribution >= 0.6 is 0 Å². The number of hydrogen-bond donors (Lipinski definition) is 1. The molecule has 1 aliphatic heterocycles. The lowest BCUT2D eigenvalue weighted by Gasteiger charge is -2.19. The number of aryl methyl sites for hydroxylation is 1. The molecular weight excluding hydrogens is 321 g/mol. The van der Waals surface area contributed by atoms with Crippen molar-refractivity contribution in [3.63, 3.8) is 0 Å². The fourth-order valence-corrected chi connectivity index (χ4v) is 3.35. The van der Waals surface area contributed by atoms with Gasteiger partial charge in [-0.1, -0.05) is 6.07 Å². The molecule has 0 amide bonds. The van der Waals surface area contributed by atoms with Gasteiger partial charge >= 0.3 is 0 Å². The van der Waals surface area contributed by atoms with E-state index in [9.17, 15) is 12.8 Å². The molecule has 0 saturated carbocycles. The molecule has 0 atom stereocenters. The maximum Gasteiger partial charge on any atom is 0.240 e. The zero-order chi connectivity index (χ0) is 16.4. The summed E-state index contributed by atoms with van der Waals surface area (Å²) in [4.78, 5) is 0.0361. The molecule has 0 fully saturated rings. The van der Waals surface area contributed by atoms with Gasteiger partial charge in [-0.2, -0.15) is 0 Å². The highest BCUT2D eigenvalue weighted by Gasteiger charge is 2.16. The van der Waals surface area contributed by atoms with Crippen LogP contribution in [0.15, 0.2) is 41.3 Å². The van der Waals surface area contributed by atoms with E-state index in [0.717, 1.165) is 11.6 Å². The van der Waals surface area contributed by atoms with Crippen LogP contribution in [-0.2, 0) is 16.6 Å². The van der Waals surface area contributed by atoms with Crippen molar-refractivity contribution in [2.24, 2.45) is 0 Å². The van der Waals surface area contributed by atoms with E-state index in [1.807, 2.05) is 0 Å². The Morgan fingerprint density at radius 2 is 1.83 bits per heavy atom. The first-order valence-corrected chi connectivity index (χ1v) is 8.58. The van der Waals surface area contributed by atoms with Gasteiger partial charge in [-0.05, 0) is 48.4 Å². The number of sulfonamides is 1. The number of benzene rings is 2. The summed E-state index contributed by atoms with van der Waals surface area (Å²) in [6.07, 6.45) is 0. The van der Waals surface area contributed by atoms with E-state index < -0.39 is 15.8 Å². The SMILES string of the molecule is Cc1cc(S(=O)(=O)NCc2ccc3c(c2)OCCO3)ccc1F. The van der Waals surface area contributed by atoms with Crippen LogP contribution in [-0.4, -0.2) is 21.6 Å². The van der Waals surface area contributed by atoms with Gasteiger partial charge in [-0.15, -0.1) is 0 Å². The number of fused-ring (bicyclic) bond motifs is 1. The van der Waals surface area contributed by atoms with Gasteiger partial charge in [0.2, 0.25) is 10.0 Å². The largest absolute Gasteiger partial charge is 0.486 e. The molecule has 1 heterocycles. The van der Waals surface area contributed by atoms with Crippen molar-refractivity contribution >= 4 is 10.0 Å². The number of ether oxygens (including phenoxy) is 2. The van der Waals surface area contributed by atoms with E-state index in [0.29, 0.717) is 24.7 Å². The lowest BCUT2D eigenvalue weighted by Crippen LogP contribution is -2.23. The second-order valence-corrected chi connectivity index (χ2v) is 6.98. The Hall–Kier alpha value is -2.12. The summed E-state index contributed by atoms with van der Waals surface area (Å²) < 4.78 is 51.2. The Morgan fingerprint density at radius 3 is 2.57 bits per heavy atom. The lowest BCUT2D eigenvalue weighted by molar-refractivity contribution is 0.171. The molecule has 0 aliphatic carbocycles. The molecule has 23 heavy (non-hydrogen) atoms. The lowest BCUT2D eigenvalue weighted by atomic mass is 10.2. The molecule has 3 rings (SSSR count). The second kappa shape index (κ2) is 6.17. The van der Waals surface area contributed by atoms with Gasteiger partial charge in [0.1, 0.15) is 19.0 Å². The molecule has 1 N–H and O–H groups in total. The van der Waals surface area contributed by atoms with Gasteiger partial charge in [-0.3, -0.25) is 0 Å². The maximum atomic E-state index is 13.3. The maximum absolute atomic E-state index is 13.3. The van der Waals surface area contributed by atoms with E-state index in [4.69, 9.17) is 9.47 Å². The zero-order valence-corrected chi connectivity index (χ0v) is 13.3. The van der Waals surface area contributed by atoms with Crippen molar-refractivity contribution in [3.05, 3.63) is 53.3 Å². The van der Waals surface area contributed by atoms with Gasteiger partial charge in [0.15, 0.2) is 11.5 Å². The average Bonchev–Trinajstić information content (AvgIpc) is 2.55. The van der Waals surface area contributed by atoms with Gasteiger partial charge in [-0.25, -0.2) is 17.5 Å². The summed E-state index contributed by atoms with van der Waals surface area (Å²) in [7, 11) is -3.71. The molecule has 5 nitrogen and oxygen atoms in total. The summed E-state index contributed by atoms with van der Waals surface area (Å²) in [5.41, 5.74) is 1.03. The fourth-order valence-electron chi connectivity index (χ4n) is 2.24. The molecule has 7 heteroatoms. The van der Waals surface area contributed by atoms with Crippen LogP contribution in [0.3, 0.4) is 0 Å². The van der Waals surface area contributed by atoms with Gasteiger partial charge in [0.25, 0.3) is 0 Å². The van der Waals surface area contributed by atoms with Crippen molar-refractivity contribution in [2.45, 2.75) is 18.4 Å². The van der Waals surface area contributed by atoms with Crippen molar-refractivity contribution < 1.29 is 22.3 Å². The Bertz CT molecular complexity index is 836. The van der Waals surface area contributed by atoms with Crippen LogP contribution in [0.1, 0.15) is 11.1 Å². The molecule has 0 saturated heterocycles. The molecule has 0 bridgehead atoms. The van der Waals surface area contributed by atoms with E-state index >= 15 is 0 Å². The van der Waals surface area contributed by atoms with Crippen molar-refractivity contribution in [1.29, 1.82) is 0 Å². The van der Waals surface area contributed by atoms with E-state index in [1.165, 1.54) is 19.1 Å². The predicted octanol–water partition coefficient (Wildman–Crippen LogP) is 2.38. The van der Waals surface area contributed by atoms with Crippen LogP contribution in [0.2, 0.25) is 0 Å². The Labute approximate surface area is 134 Å². The normalized spacial score (nSPS) is 13.8. The first kappa shape index (κ1) is 15.8. The summed E-state index contributed by atoms with van der Waals surface area (Å²) in [6.45, 7) is 2.60. The van der Waals surface area contributed by atoms with Gasteiger partial charge in [0.05, 0.1) is 4.90 Å². The molecule has 0 spiro atoms. The zero-order valence-electron chi connectivity index (χ0n) is 12.5. The van der Waals surface area contributed by atoms with Crippen LogP contribution in [0.4, 0.5) is 4.39 Å². The molecule has 0 aromatic heterocycles. The Morgan fingerprint density at radius 1 is 1.09 bits per heavy atom. The molecule has 2 aromatic rings. The van der Waals surface area contributed by atoms with E-state index in [1.54, 1.807) is 18.2 Å². The van der Waals surface area contributed by atoms with E-state index in [2.05, 4.69) is 4.72 Å². The van der Waals surface area contributed by atoms with Crippen LogP contribution < -0.4 is 14.2 Å². The van der Waals surface area contributed by atoms with Crippen molar-refractivity contribution in [1.82, 2.24) is 4.72 Å². The van der Waals surface area contributed by atoms with E-state index in [-0.39, 0.29) is 17.0 Å². The van der Waals surface area contributed by atoms with Crippen LogP contribution in [0.5, 0.6) is 11.5 Å². The highest BCUT2D eigenvalue weighted by Crippen LogP contribution is 2.30. The Kier molecular flexibility index (Phi) is 4.23. The number of rotatable bonds is 4. The molecule has 122 valence electrons. The minimum Gasteiger partial charge on any atom is -0.486 e. The average molecular weight is 337 g/mol.